The molecule has 0 saturated heterocycles. The maximum atomic E-state index is 12.2. The highest BCUT2D eigenvalue weighted by atomic mass is 16.5. The second-order valence-corrected chi connectivity index (χ2v) is 6.59. The number of esters is 1. The highest BCUT2D eigenvalue weighted by Crippen LogP contribution is 2.26. The van der Waals surface area contributed by atoms with E-state index in [0.29, 0.717) is 12.8 Å². The molecule has 0 aromatic carbocycles. The lowest BCUT2D eigenvalue weighted by atomic mass is 9.84. The number of aliphatic hydroxyl groups excluding tert-OH is 2. The summed E-state index contributed by atoms with van der Waals surface area (Å²) < 4.78 is 5.55. The van der Waals surface area contributed by atoms with Crippen molar-refractivity contribution in [2.45, 2.75) is 65.8 Å². The minimum atomic E-state index is -0.747. The van der Waals surface area contributed by atoms with E-state index in [2.05, 4.69) is 0 Å². The van der Waals surface area contributed by atoms with Crippen molar-refractivity contribution in [2.24, 2.45) is 23.7 Å². The molecular formula is C17H30O4. The van der Waals surface area contributed by atoms with Crippen molar-refractivity contribution in [1.29, 1.82) is 0 Å². The van der Waals surface area contributed by atoms with Gasteiger partial charge in [0.15, 0.2) is 0 Å². The number of carbonyl (C=O) groups is 1. The zero-order chi connectivity index (χ0) is 16.2. The van der Waals surface area contributed by atoms with Gasteiger partial charge in [-0.15, -0.1) is 0 Å². The fourth-order valence-electron chi connectivity index (χ4n) is 2.92. The first-order chi connectivity index (χ1) is 9.77. The smallest absolute Gasteiger partial charge is 0.311 e. The minimum Gasteiger partial charge on any atom is -0.461 e. The maximum Gasteiger partial charge on any atom is 0.311 e. The SMILES string of the molecule is CCC1OC(=O)[C@H](C)[C@@H](O)[C@@H](C)C[C@@H](C)[C@H](O)C=C[C@H]1C. The molecule has 0 bridgehead atoms. The second kappa shape index (κ2) is 7.95. The summed E-state index contributed by atoms with van der Waals surface area (Å²) >= 11 is 0. The number of carbonyl (C=O) groups excluding carboxylic acids is 1. The molecule has 0 amide bonds. The lowest BCUT2D eigenvalue weighted by molar-refractivity contribution is -0.160. The molecule has 0 aliphatic carbocycles. The van der Waals surface area contributed by atoms with Gasteiger partial charge in [-0.2, -0.15) is 0 Å². The Morgan fingerprint density at radius 1 is 1.14 bits per heavy atom. The molecule has 0 aromatic rings. The molecule has 1 unspecified atom stereocenters. The van der Waals surface area contributed by atoms with Crippen LogP contribution >= 0.6 is 0 Å². The van der Waals surface area contributed by atoms with Gasteiger partial charge in [0, 0.05) is 5.92 Å². The van der Waals surface area contributed by atoms with E-state index in [9.17, 15) is 15.0 Å². The summed E-state index contributed by atoms with van der Waals surface area (Å²) in [6, 6.07) is 0. The van der Waals surface area contributed by atoms with E-state index in [4.69, 9.17) is 4.74 Å². The Morgan fingerprint density at radius 2 is 1.76 bits per heavy atom. The topological polar surface area (TPSA) is 66.8 Å². The number of cyclic esters (lactones) is 1. The Balaban J connectivity index is 3.01. The Kier molecular flexibility index (Phi) is 6.88. The first-order valence-electron chi connectivity index (χ1n) is 8.02. The quantitative estimate of drug-likeness (QED) is 0.576. The number of hydrogen-bond donors (Lipinski definition) is 2. The number of ether oxygens (including phenoxy) is 1. The van der Waals surface area contributed by atoms with E-state index >= 15 is 0 Å². The third kappa shape index (κ3) is 4.82. The van der Waals surface area contributed by atoms with Crippen LogP contribution in [0.3, 0.4) is 0 Å². The van der Waals surface area contributed by atoms with Gasteiger partial charge in [-0.25, -0.2) is 0 Å². The molecule has 4 heteroatoms. The molecule has 1 aliphatic rings. The van der Waals surface area contributed by atoms with Crippen molar-refractivity contribution < 1.29 is 19.7 Å². The van der Waals surface area contributed by atoms with E-state index in [1.54, 1.807) is 13.0 Å². The van der Waals surface area contributed by atoms with Crippen LogP contribution in [0.15, 0.2) is 12.2 Å². The molecule has 7 atom stereocenters. The van der Waals surface area contributed by atoms with Gasteiger partial charge in [0.25, 0.3) is 0 Å². The standard InChI is InChI=1S/C17H30O4/c1-6-15-10(2)7-8-14(18)11(3)9-12(4)16(19)13(5)17(20)21-15/h7-8,10-16,18-19H,6,9H2,1-5H3/t10-,11-,12+,13-,14-,15?,16+/m1/s1. The normalized spacial score (nSPS) is 42.8. The zero-order valence-electron chi connectivity index (χ0n) is 13.8. The number of rotatable bonds is 1. The summed E-state index contributed by atoms with van der Waals surface area (Å²) in [7, 11) is 0. The van der Waals surface area contributed by atoms with Crippen molar-refractivity contribution in [1.82, 2.24) is 0 Å². The van der Waals surface area contributed by atoms with E-state index in [-0.39, 0.29) is 29.8 Å². The summed E-state index contributed by atoms with van der Waals surface area (Å²) in [4.78, 5) is 12.2. The molecule has 1 aliphatic heterocycles. The lowest BCUT2D eigenvalue weighted by Crippen LogP contribution is -2.37. The van der Waals surface area contributed by atoms with Crippen molar-refractivity contribution >= 4 is 5.97 Å². The number of aliphatic hydroxyl groups is 2. The van der Waals surface area contributed by atoms with Gasteiger partial charge in [-0.1, -0.05) is 39.8 Å². The molecule has 1 rings (SSSR count). The summed E-state index contributed by atoms with van der Waals surface area (Å²) in [5, 5.41) is 20.5. The van der Waals surface area contributed by atoms with Gasteiger partial charge in [-0.05, 0) is 31.6 Å². The highest BCUT2D eigenvalue weighted by Gasteiger charge is 2.32. The van der Waals surface area contributed by atoms with Crippen LogP contribution in [0.2, 0.25) is 0 Å². The zero-order valence-corrected chi connectivity index (χ0v) is 13.8. The highest BCUT2D eigenvalue weighted by molar-refractivity contribution is 5.73. The summed E-state index contributed by atoms with van der Waals surface area (Å²) in [6.45, 7) is 9.54. The lowest BCUT2D eigenvalue weighted by Gasteiger charge is -2.30. The molecule has 0 radical (unpaired) electrons. The molecule has 21 heavy (non-hydrogen) atoms. The molecule has 4 nitrogen and oxygen atoms in total. The van der Waals surface area contributed by atoms with Gasteiger partial charge in [0.1, 0.15) is 6.10 Å². The van der Waals surface area contributed by atoms with Gasteiger partial charge in [-0.3, -0.25) is 4.79 Å². The van der Waals surface area contributed by atoms with Crippen molar-refractivity contribution in [3.63, 3.8) is 0 Å². The summed E-state index contributed by atoms with van der Waals surface area (Å²) in [6.07, 6.45) is 3.58. The van der Waals surface area contributed by atoms with E-state index in [1.807, 2.05) is 33.8 Å². The number of hydrogen-bond acceptors (Lipinski definition) is 4. The Morgan fingerprint density at radius 3 is 2.33 bits per heavy atom. The fourth-order valence-corrected chi connectivity index (χ4v) is 2.92. The third-order valence-corrected chi connectivity index (χ3v) is 4.66. The summed E-state index contributed by atoms with van der Waals surface area (Å²) in [5.74, 6) is -0.866. The molecule has 0 spiro atoms. The summed E-state index contributed by atoms with van der Waals surface area (Å²) in [5.41, 5.74) is 0. The van der Waals surface area contributed by atoms with Crippen LogP contribution in [0.4, 0.5) is 0 Å². The molecule has 1 heterocycles. The molecule has 0 fully saturated rings. The van der Waals surface area contributed by atoms with Crippen molar-refractivity contribution in [3.8, 4) is 0 Å². The van der Waals surface area contributed by atoms with Crippen molar-refractivity contribution in [3.05, 3.63) is 12.2 Å². The average molecular weight is 298 g/mol. The Labute approximate surface area is 128 Å². The fraction of sp³-hybridized carbons (Fsp3) is 0.824. The van der Waals surface area contributed by atoms with Crippen LogP contribution in [0, 0.1) is 23.7 Å². The van der Waals surface area contributed by atoms with Gasteiger partial charge in [0.05, 0.1) is 18.1 Å². The molecule has 0 saturated carbocycles. The first-order valence-corrected chi connectivity index (χ1v) is 8.02. The second-order valence-electron chi connectivity index (χ2n) is 6.59. The predicted molar refractivity (Wildman–Crippen MR) is 82.6 cm³/mol. The van der Waals surface area contributed by atoms with Gasteiger partial charge < -0.3 is 14.9 Å². The van der Waals surface area contributed by atoms with Crippen LogP contribution in [0.5, 0.6) is 0 Å². The van der Waals surface area contributed by atoms with Crippen LogP contribution in [-0.4, -0.2) is 34.5 Å². The third-order valence-electron chi connectivity index (χ3n) is 4.66. The molecule has 2 N–H and O–H groups in total. The molecule has 0 aromatic heterocycles. The van der Waals surface area contributed by atoms with Crippen LogP contribution in [0.25, 0.3) is 0 Å². The Bertz CT molecular complexity index is 366. The first kappa shape index (κ1) is 18.2. The van der Waals surface area contributed by atoms with E-state index in [0.717, 1.165) is 0 Å². The van der Waals surface area contributed by atoms with E-state index in [1.165, 1.54) is 0 Å². The molecular weight excluding hydrogens is 268 g/mol. The maximum absolute atomic E-state index is 12.2. The van der Waals surface area contributed by atoms with Crippen LogP contribution in [0.1, 0.15) is 47.5 Å². The average Bonchev–Trinajstić information content (AvgIpc) is 2.46. The minimum absolute atomic E-state index is 0.0424. The monoisotopic (exact) mass is 298 g/mol. The molecule has 122 valence electrons. The van der Waals surface area contributed by atoms with E-state index < -0.39 is 18.1 Å². The van der Waals surface area contributed by atoms with Gasteiger partial charge >= 0.3 is 5.97 Å². The van der Waals surface area contributed by atoms with Crippen LogP contribution < -0.4 is 0 Å². The van der Waals surface area contributed by atoms with Crippen LogP contribution in [-0.2, 0) is 9.53 Å². The van der Waals surface area contributed by atoms with Crippen molar-refractivity contribution in [2.75, 3.05) is 0 Å². The largest absolute Gasteiger partial charge is 0.461 e. The predicted octanol–water partition coefficient (Wildman–Crippen LogP) is 2.53. The van der Waals surface area contributed by atoms with Gasteiger partial charge in [0.2, 0.25) is 0 Å². The Hall–Kier alpha value is -0.870.